The number of nitrogens with zero attached hydrogens (tertiary/aromatic N) is 1. The van der Waals surface area contributed by atoms with Gasteiger partial charge in [-0.15, -0.1) is 0 Å². The highest BCUT2D eigenvalue weighted by atomic mass is 15.1. The summed E-state index contributed by atoms with van der Waals surface area (Å²) in [5.74, 6) is 0.940. The van der Waals surface area contributed by atoms with E-state index in [1.807, 2.05) is 0 Å². The largest absolute Gasteiger partial charge is 0.359 e. The van der Waals surface area contributed by atoms with Gasteiger partial charge in [-0.25, -0.2) is 0 Å². The number of likely N-dealkylation sites (tertiary alicyclic amines) is 1. The van der Waals surface area contributed by atoms with Crippen LogP contribution in [-0.4, -0.2) is 25.0 Å². The van der Waals surface area contributed by atoms with Crippen molar-refractivity contribution in [2.24, 2.45) is 5.92 Å². The standard InChI is InChI=1S/C25H34N2/c1-21(11-12-22-7-4-3-5-8-22)26-25-15-13-23(14-16-25)9-6-10-24-17-19-27(2)20-18-24/h3-5,7-8,13-16,24,26H,1,6,9-12,17-20H2,2H3. The molecule has 0 saturated carbocycles. The molecule has 0 aliphatic carbocycles. The molecule has 1 fully saturated rings. The van der Waals surface area contributed by atoms with Crippen LogP contribution in [0.5, 0.6) is 0 Å². The number of allylic oxidation sites excluding steroid dienone is 1. The Labute approximate surface area is 165 Å². The lowest BCUT2D eigenvalue weighted by Crippen LogP contribution is -2.30. The van der Waals surface area contributed by atoms with E-state index in [0.29, 0.717) is 0 Å². The highest BCUT2D eigenvalue weighted by Gasteiger charge is 2.15. The Morgan fingerprint density at radius 3 is 2.33 bits per heavy atom. The molecule has 2 aromatic rings. The average molecular weight is 363 g/mol. The summed E-state index contributed by atoms with van der Waals surface area (Å²) in [5.41, 5.74) is 5.03. The van der Waals surface area contributed by atoms with Crippen molar-refractivity contribution in [2.75, 3.05) is 25.5 Å². The number of nitrogens with one attached hydrogen (secondary N) is 1. The topological polar surface area (TPSA) is 15.3 Å². The number of hydrogen-bond donors (Lipinski definition) is 1. The third kappa shape index (κ3) is 6.88. The van der Waals surface area contributed by atoms with Gasteiger partial charge in [0, 0.05) is 11.4 Å². The minimum absolute atomic E-state index is 0.940. The number of piperidine rings is 1. The van der Waals surface area contributed by atoms with Crippen LogP contribution in [0.4, 0.5) is 5.69 Å². The van der Waals surface area contributed by atoms with Gasteiger partial charge in [-0.1, -0.05) is 55.5 Å². The van der Waals surface area contributed by atoms with Crippen LogP contribution in [0.2, 0.25) is 0 Å². The first-order valence-corrected chi connectivity index (χ1v) is 10.5. The molecule has 0 aromatic heterocycles. The summed E-state index contributed by atoms with van der Waals surface area (Å²) in [6, 6.07) is 19.5. The fourth-order valence-corrected chi connectivity index (χ4v) is 3.91. The molecule has 0 bridgehead atoms. The van der Waals surface area contributed by atoms with Gasteiger partial charge in [0.25, 0.3) is 0 Å². The molecular formula is C25H34N2. The van der Waals surface area contributed by atoms with Crippen LogP contribution in [0.3, 0.4) is 0 Å². The number of aryl methyl sites for hydroxylation is 2. The maximum Gasteiger partial charge on any atom is 0.0381 e. The summed E-state index contributed by atoms with van der Waals surface area (Å²) in [6.45, 7) is 6.73. The molecular weight excluding hydrogens is 328 g/mol. The van der Waals surface area contributed by atoms with E-state index in [1.54, 1.807) is 0 Å². The van der Waals surface area contributed by atoms with E-state index in [9.17, 15) is 0 Å². The zero-order chi connectivity index (χ0) is 18.9. The Hall–Kier alpha value is -2.06. The smallest absolute Gasteiger partial charge is 0.0381 e. The molecule has 1 heterocycles. The molecule has 0 amide bonds. The maximum absolute atomic E-state index is 4.18. The van der Waals surface area contributed by atoms with Gasteiger partial charge < -0.3 is 10.2 Å². The van der Waals surface area contributed by atoms with Crippen LogP contribution >= 0.6 is 0 Å². The fraction of sp³-hybridized carbons (Fsp3) is 0.440. The van der Waals surface area contributed by atoms with E-state index in [4.69, 9.17) is 0 Å². The zero-order valence-electron chi connectivity index (χ0n) is 16.8. The second-order valence-corrected chi connectivity index (χ2v) is 8.05. The summed E-state index contributed by atoms with van der Waals surface area (Å²) in [4.78, 5) is 2.45. The van der Waals surface area contributed by atoms with Crippen LogP contribution in [0.15, 0.2) is 66.9 Å². The van der Waals surface area contributed by atoms with Gasteiger partial charge in [0.05, 0.1) is 0 Å². The lowest BCUT2D eigenvalue weighted by Gasteiger charge is -2.28. The van der Waals surface area contributed by atoms with E-state index in [1.165, 1.54) is 56.3 Å². The molecule has 2 heteroatoms. The van der Waals surface area contributed by atoms with E-state index in [0.717, 1.165) is 30.1 Å². The molecule has 27 heavy (non-hydrogen) atoms. The van der Waals surface area contributed by atoms with Gasteiger partial charge in [-0.2, -0.15) is 0 Å². The van der Waals surface area contributed by atoms with Crippen LogP contribution in [0, 0.1) is 5.92 Å². The van der Waals surface area contributed by atoms with Crippen molar-refractivity contribution in [3.8, 4) is 0 Å². The highest BCUT2D eigenvalue weighted by Crippen LogP contribution is 2.22. The Morgan fingerprint density at radius 2 is 1.63 bits per heavy atom. The van der Waals surface area contributed by atoms with Crippen LogP contribution in [-0.2, 0) is 12.8 Å². The first kappa shape index (κ1) is 19.7. The summed E-state index contributed by atoms with van der Waals surface area (Å²) in [7, 11) is 2.24. The minimum atomic E-state index is 0.940. The first-order chi connectivity index (χ1) is 13.2. The van der Waals surface area contributed by atoms with Crippen molar-refractivity contribution in [1.82, 2.24) is 4.90 Å². The first-order valence-electron chi connectivity index (χ1n) is 10.5. The minimum Gasteiger partial charge on any atom is -0.359 e. The molecule has 1 N–H and O–H groups in total. The van der Waals surface area contributed by atoms with Crippen LogP contribution in [0.1, 0.15) is 43.2 Å². The number of benzene rings is 2. The van der Waals surface area contributed by atoms with Crippen LogP contribution in [0.25, 0.3) is 0 Å². The Kier molecular flexibility index (Phi) is 7.53. The molecule has 1 aliphatic rings. The molecule has 0 unspecified atom stereocenters. The highest BCUT2D eigenvalue weighted by molar-refractivity contribution is 5.48. The summed E-state index contributed by atoms with van der Waals surface area (Å²) in [6.07, 6.45) is 8.63. The van der Waals surface area contributed by atoms with Gasteiger partial charge in [0.2, 0.25) is 0 Å². The van der Waals surface area contributed by atoms with E-state index in [2.05, 4.69) is 78.4 Å². The molecule has 1 saturated heterocycles. The van der Waals surface area contributed by atoms with Crippen molar-refractivity contribution in [1.29, 1.82) is 0 Å². The Balaban J connectivity index is 1.36. The fourth-order valence-electron chi connectivity index (χ4n) is 3.91. The quantitative estimate of drug-likeness (QED) is 0.596. The molecule has 0 spiro atoms. The third-order valence-corrected chi connectivity index (χ3v) is 5.75. The normalized spacial score (nSPS) is 15.6. The van der Waals surface area contributed by atoms with E-state index in [-0.39, 0.29) is 0 Å². The van der Waals surface area contributed by atoms with Crippen LogP contribution < -0.4 is 5.32 Å². The number of hydrogen-bond acceptors (Lipinski definition) is 2. The zero-order valence-corrected chi connectivity index (χ0v) is 16.8. The number of anilines is 1. The van der Waals surface area contributed by atoms with Crippen molar-refractivity contribution in [3.05, 3.63) is 78.0 Å². The summed E-state index contributed by atoms with van der Waals surface area (Å²) in [5, 5.41) is 3.45. The Bertz CT molecular complexity index is 682. The van der Waals surface area contributed by atoms with Crippen molar-refractivity contribution in [3.63, 3.8) is 0 Å². The lowest BCUT2D eigenvalue weighted by atomic mass is 9.91. The van der Waals surface area contributed by atoms with Gasteiger partial charge >= 0.3 is 0 Å². The second kappa shape index (κ2) is 10.3. The maximum atomic E-state index is 4.18. The van der Waals surface area contributed by atoms with Gasteiger partial charge in [0.1, 0.15) is 0 Å². The second-order valence-electron chi connectivity index (χ2n) is 8.05. The average Bonchev–Trinajstić information content (AvgIpc) is 2.70. The van der Waals surface area contributed by atoms with Gasteiger partial charge in [0.15, 0.2) is 0 Å². The predicted octanol–water partition coefficient (Wildman–Crippen LogP) is 5.91. The molecule has 2 aromatic carbocycles. The van der Waals surface area contributed by atoms with E-state index >= 15 is 0 Å². The summed E-state index contributed by atoms with van der Waals surface area (Å²) < 4.78 is 0. The SMILES string of the molecule is C=C(CCc1ccccc1)Nc1ccc(CCCC2CCN(C)CC2)cc1. The van der Waals surface area contributed by atoms with Crippen molar-refractivity contribution in [2.45, 2.75) is 44.9 Å². The van der Waals surface area contributed by atoms with Crippen molar-refractivity contribution < 1.29 is 0 Å². The molecule has 144 valence electrons. The number of rotatable bonds is 9. The summed E-state index contributed by atoms with van der Waals surface area (Å²) >= 11 is 0. The third-order valence-electron chi connectivity index (χ3n) is 5.75. The molecule has 3 rings (SSSR count). The monoisotopic (exact) mass is 362 g/mol. The Morgan fingerprint density at radius 1 is 0.963 bits per heavy atom. The molecule has 0 radical (unpaired) electrons. The molecule has 2 nitrogen and oxygen atoms in total. The van der Waals surface area contributed by atoms with Gasteiger partial charge in [-0.05, 0) is 87.8 Å². The van der Waals surface area contributed by atoms with E-state index < -0.39 is 0 Å². The predicted molar refractivity (Wildman–Crippen MR) is 117 cm³/mol. The van der Waals surface area contributed by atoms with Gasteiger partial charge in [-0.3, -0.25) is 0 Å². The van der Waals surface area contributed by atoms with Crippen molar-refractivity contribution >= 4 is 5.69 Å². The lowest BCUT2D eigenvalue weighted by molar-refractivity contribution is 0.210. The molecule has 1 aliphatic heterocycles. The molecule has 0 atom stereocenters.